The number of ether oxygens (including phenoxy) is 2. The highest BCUT2D eigenvalue weighted by molar-refractivity contribution is 5.92. The fourth-order valence-corrected chi connectivity index (χ4v) is 3.25. The second kappa shape index (κ2) is 9.57. The number of hydrogen-bond donors (Lipinski definition) is 0. The van der Waals surface area contributed by atoms with Gasteiger partial charge in [-0.15, -0.1) is 0 Å². The lowest BCUT2D eigenvalue weighted by atomic mass is 10.0. The molecular weight excluding hydrogens is 372 g/mol. The van der Waals surface area contributed by atoms with Crippen molar-refractivity contribution in [3.05, 3.63) is 138 Å². The van der Waals surface area contributed by atoms with Crippen molar-refractivity contribution in [2.45, 2.75) is 12.7 Å². The Kier molecular flexibility index (Phi) is 6.21. The van der Waals surface area contributed by atoms with Crippen LogP contribution in [0.15, 0.2) is 115 Å². The van der Waals surface area contributed by atoms with Gasteiger partial charge in [0.15, 0.2) is 6.10 Å². The number of para-hydroxylation sites is 1. The molecule has 0 unspecified atom stereocenters. The standard InChI is InChI=1S/C27H22O3/c28-27(24-18-10-11-19-25(24)29-20-21-12-4-1-5-13-21)30-26(22-14-6-2-7-15-22)23-16-8-3-9-17-23/h1-19,26H,20H2. The summed E-state index contributed by atoms with van der Waals surface area (Å²) < 4.78 is 11.9. The van der Waals surface area contributed by atoms with Crippen molar-refractivity contribution in [3.63, 3.8) is 0 Å². The van der Waals surface area contributed by atoms with Crippen LogP contribution in [0, 0.1) is 0 Å². The molecule has 3 heteroatoms. The molecule has 148 valence electrons. The summed E-state index contributed by atoms with van der Waals surface area (Å²) in [5.74, 6) is 0.0857. The van der Waals surface area contributed by atoms with E-state index < -0.39 is 12.1 Å². The second-order valence-corrected chi connectivity index (χ2v) is 6.88. The summed E-state index contributed by atoms with van der Waals surface area (Å²) in [6.07, 6.45) is -0.498. The molecule has 0 spiro atoms. The van der Waals surface area contributed by atoms with Gasteiger partial charge in [0.25, 0.3) is 0 Å². The van der Waals surface area contributed by atoms with Crippen molar-refractivity contribution in [1.82, 2.24) is 0 Å². The molecule has 0 radical (unpaired) electrons. The van der Waals surface area contributed by atoms with Gasteiger partial charge in [-0.25, -0.2) is 4.79 Å². The van der Waals surface area contributed by atoms with Gasteiger partial charge in [-0.05, 0) is 28.8 Å². The number of esters is 1. The molecule has 0 N–H and O–H groups in total. The first-order valence-electron chi connectivity index (χ1n) is 9.88. The lowest BCUT2D eigenvalue weighted by Crippen LogP contribution is -2.14. The Labute approximate surface area is 176 Å². The van der Waals surface area contributed by atoms with Gasteiger partial charge in [-0.1, -0.05) is 103 Å². The molecule has 0 aliphatic carbocycles. The summed E-state index contributed by atoms with van der Waals surface area (Å²) >= 11 is 0. The molecule has 0 heterocycles. The summed E-state index contributed by atoms with van der Waals surface area (Å²) in [6, 6.07) is 36.5. The van der Waals surface area contributed by atoms with Crippen molar-refractivity contribution in [3.8, 4) is 5.75 Å². The van der Waals surface area contributed by atoms with Gasteiger partial charge >= 0.3 is 5.97 Å². The highest BCUT2D eigenvalue weighted by Gasteiger charge is 2.22. The second-order valence-electron chi connectivity index (χ2n) is 6.88. The molecule has 3 nitrogen and oxygen atoms in total. The summed E-state index contributed by atoms with van der Waals surface area (Å²) in [7, 11) is 0. The molecule has 0 saturated carbocycles. The van der Waals surface area contributed by atoms with Crippen molar-refractivity contribution in [1.29, 1.82) is 0 Å². The van der Waals surface area contributed by atoms with E-state index in [2.05, 4.69) is 0 Å². The van der Waals surface area contributed by atoms with Crippen LogP contribution in [0.25, 0.3) is 0 Å². The van der Waals surface area contributed by atoms with Crippen LogP contribution in [0.1, 0.15) is 33.2 Å². The Hall–Kier alpha value is -3.85. The summed E-state index contributed by atoms with van der Waals surface area (Å²) in [4.78, 5) is 13.1. The topological polar surface area (TPSA) is 35.5 Å². The minimum Gasteiger partial charge on any atom is -0.488 e. The van der Waals surface area contributed by atoms with Crippen LogP contribution in [0.4, 0.5) is 0 Å². The highest BCUT2D eigenvalue weighted by atomic mass is 16.5. The number of carbonyl (C=O) groups is 1. The van der Waals surface area contributed by atoms with E-state index in [1.165, 1.54) is 0 Å². The number of rotatable bonds is 7. The van der Waals surface area contributed by atoms with Crippen molar-refractivity contribution in [2.75, 3.05) is 0 Å². The van der Waals surface area contributed by atoms with E-state index in [0.29, 0.717) is 17.9 Å². The highest BCUT2D eigenvalue weighted by Crippen LogP contribution is 2.29. The third-order valence-corrected chi connectivity index (χ3v) is 4.77. The largest absolute Gasteiger partial charge is 0.488 e. The Balaban J connectivity index is 1.57. The minimum absolute atomic E-state index is 0.381. The molecule has 4 rings (SSSR count). The third kappa shape index (κ3) is 4.76. The van der Waals surface area contributed by atoms with E-state index in [9.17, 15) is 4.79 Å². The van der Waals surface area contributed by atoms with Crippen LogP contribution in [0.5, 0.6) is 5.75 Å². The summed E-state index contributed by atoms with van der Waals surface area (Å²) in [6.45, 7) is 0.381. The molecule has 0 saturated heterocycles. The van der Waals surface area contributed by atoms with Crippen molar-refractivity contribution in [2.24, 2.45) is 0 Å². The SMILES string of the molecule is O=C(OC(c1ccccc1)c1ccccc1)c1ccccc1OCc1ccccc1. The predicted octanol–water partition coefficient (Wildman–Crippen LogP) is 6.21. The molecule has 0 bridgehead atoms. The van der Waals surface area contributed by atoms with Gasteiger partial charge in [0.05, 0.1) is 0 Å². The first-order valence-corrected chi connectivity index (χ1v) is 9.88. The van der Waals surface area contributed by atoms with Crippen molar-refractivity contribution < 1.29 is 14.3 Å². The van der Waals surface area contributed by atoms with Gasteiger partial charge in [0.1, 0.15) is 17.9 Å². The molecule has 4 aromatic carbocycles. The van der Waals surface area contributed by atoms with Gasteiger partial charge in [-0.3, -0.25) is 0 Å². The first kappa shape index (κ1) is 19.5. The van der Waals surface area contributed by atoms with E-state index in [1.54, 1.807) is 12.1 Å². The molecule has 0 atom stereocenters. The molecule has 0 fully saturated rings. The molecule has 0 amide bonds. The van der Waals surface area contributed by atoms with E-state index >= 15 is 0 Å². The zero-order valence-electron chi connectivity index (χ0n) is 16.5. The fraction of sp³-hybridized carbons (Fsp3) is 0.0741. The number of hydrogen-bond acceptors (Lipinski definition) is 3. The maximum atomic E-state index is 13.1. The lowest BCUT2D eigenvalue weighted by molar-refractivity contribution is 0.0373. The predicted molar refractivity (Wildman–Crippen MR) is 117 cm³/mol. The van der Waals surface area contributed by atoms with E-state index in [0.717, 1.165) is 16.7 Å². The van der Waals surface area contributed by atoms with Gasteiger partial charge in [0, 0.05) is 0 Å². The summed E-state index contributed by atoms with van der Waals surface area (Å²) in [5, 5.41) is 0. The van der Waals surface area contributed by atoms with Gasteiger partial charge < -0.3 is 9.47 Å². The monoisotopic (exact) mass is 394 g/mol. The molecule has 0 aliphatic rings. The smallest absolute Gasteiger partial charge is 0.342 e. The Morgan fingerprint density at radius 1 is 0.633 bits per heavy atom. The van der Waals surface area contributed by atoms with E-state index in [1.807, 2.05) is 103 Å². The normalized spacial score (nSPS) is 10.6. The number of carbonyl (C=O) groups excluding carboxylic acids is 1. The van der Waals surface area contributed by atoms with E-state index in [-0.39, 0.29) is 0 Å². The Morgan fingerprint density at radius 2 is 1.13 bits per heavy atom. The molecule has 4 aromatic rings. The minimum atomic E-state index is -0.498. The van der Waals surface area contributed by atoms with Gasteiger partial charge in [-0.2, -0.15) is 0 Å². The quantitative estimate of drug-likeness (QED) is 0.350. The fourth-order valence-electron chi connectivity index (χ4n) is 3.25. The first-order chi connectivity index (χ1) is 14.8. The Morgan fingerprint density at radius 3 is 1.73 bits per heavy atom. The molecule has 0 aliphatic heterocycles. The maximum Gasteiger partial charge on any atom is 0.342 e. The molecular formula is C27H22O3. The average molecular weight is 394 g/mol. The van der Waals surface area contributed by atoms with Crippen LogP contribution >= 0.6 is 0 Å². The number of benzene rings is 4. The Bertz CT molecular complexity index is 1040. The van der Waals surface area contributed by atoms with Crippen LogP contribution in [0.3, 0.4) is 0 Å². The third-order valence-electron chi connectivity index (χ3n) is 4.77. The average Bonchev–Trinajstić information content (AvgIpc) is 2.83. The van der Waals surface area contributed by atoms with Crippen molar-refractivity contribution >= 4 is 5.97 Å². The zero-order valence-corrected chi connectivity index (χ0v) is 16.5. The van der Waals surface area contributed by atoms with Crippen LogP contribution in [0.2, 0.25) is 0 Å². The van der Waals surface area contributed by atoms with Crippen LogP contribution < -0.4 is 4.74 Å². The van der Waals surface area contributed by atoms with Gasteiger partial charge in [0.2, 0.25) is 0 Å². The van der Waals surface area contributed by atoms with Crippen LogP contribution in [-0.4, -0.2) is 5.97 Å². The van der Waals surface area contributed by atoms with Crippen LogP contribution in [-0.2, 0) is 11.3 Å². The maximum absolute atomic E-state index is 13.1. The van der Waals surface area contributed by atoms with E-state index in [4.69, 9.17) is 9.47 Å². The lowest BCUT2D eigenvalue weighted by Gasteiger charge is -2.20. The zero-order chi connectivity index (χ0) is 20.6. The molecule has 0 aromatic heterocycles. The summed E-state index contributed by atoms with van der Waals surface area (Å²) in [5.41, 5.74) is 3.27. The molecule has 30 heavy (non-hydrogen) atoms.